The Hall–Kier alpha value is -4.01. The molecule has 0 saturated heterocycles. The molecule has 9 heteroatoms. The van der Waals surface area contributed by atoms with Crippen LogP contribution in [-0.2, 0) is 19.1 Å². The van der Waals surface area contributed by atoms with Crippen LogP contribution in [0, 0.1) is 0 Å². The molecule has 0 unspecified atom stereocenters. The third-order valence-electron chi connectivity index (χ3n) is 3.93. The van der Waals surface area contributed by atoms with Crippen LogP contribution in [0.5, 0.6) is 17.2 Å². The molecular weight excluding hydrogens is 404 g/mol. The Balaban J connectivity index is 1.90. The summed E-state index contributed by atoms with van der Waals surface area (Å²) in [5.41, 5.74) is 1.73. The van der Waals surface area contributed by atoms with E-state index in [1.807, 2.05) is 0 Å². The predicted molar refractivity (Wildman–Crippen MR) is 115 cm³/mol. The molecule has 0 aromatic heterocycles. The molecule has 0 bridgehead atoms. The normalized spacial score (nSPS) is 10.3. The first-order valence-corrected chi connectivity index (χ1v) is 9.18. The smallest absolute Gasteiger partial charge is 0.331 e. The summed E-state index contributed by atoms with van der Waals surface area (Å²) < 4.78 is 20.7. The number of carbonyl (C=O) groups excluding carboxylic acids is 3. The van der Waals surface area contributed by atoms with Gasteiger partial charge in [0.2, 0.25) is 11.7 Å². The molecule has 0 spiro atoms. The average Bonchev–Trinajstić information content (AvgIpc) is 2.76. The Morgan fingerprint density at radius 1 is 0.871 bits per heavy atom. The molecule has 0 fully saturated rings. The second-order valence-corrected chi connectivity index (χ2v) is 6.21. The van der Waals surface area contributed by atoms with Gasteiger partial charge in [-0.2, -0.15) is 0 Å². The number of esters is 1. The predicted octanol–water partition coefficient (Wildman–Crippen LogP) is 2.87. The van der Waals surface area contributed by atoms with Crippen molar-refractivity contribution in [3.05, 3.63) is 48.0 Å². The van der Waals surface area contributed by atoms with Crippen molar-refractivity contribution in [1.29, 1.82) is 0 Å². The molecule has 2 aromatic carbocycles. The van der Waals surface area contributed by atoms with Gasteiger partial charge in [-0.25, -0.2) is 4.79 Å². The second kappa shape index (κ2) is 11.2. The number of rotatable bonds is 9. The molecule has 0 saturated carbocycles. The number of nitrogens with one attached hydrogen (secondary N) is 2. The number of carbonyl (C=O) groups is 3. The summed E-state index contributed by atoms with van der Waals surface area (Å²) in [5.74, 6) is -0.0564. The van der Waals surface area contributed by atoms with Gasteiger partial charge in [0.15, 0.2) is 18.1 Å². The zero-order chi connectivity index (χ0) is 22.8. The van der Waals surface area contributed by atoms with Crippen LogP contribution in [0.1, 0.15) is 12.5 Å². The van der Waals surface area contributed by atoms with E-state index in [0.717, 1.165) is 0 Å². The van der Waals surface area contributed by atoms with Crippen molar-refractivity contribution >= 4 is 35.2 Å². The topological polar surface area (TPSA) is 112 Å². The van der Waals surface area contributed by atoms with Crippen molar-refractivity contribution in [2.45, 2.75) is 6.92 Å². The van der Waals surface area contributed by atoms with E-state index in [4.69, 9.17) is 18.9 Å². The van der Waals surface area contributed by atoms with Gasteiger partial charge < -0.3 is 29.6 Å². The molecule has 0 radical (unpaired) electrons. The molecule has 2 amide bonds. The molecular formula is C22H24N2O7. The highest BCUT2D eigenvalue weighted by atomic mass is 16.5. The summed E-state index contributed by atoms with van der Waals surface area (Å²) in [6, 6.07) is 9.86. The Bertz CT molecular complexity index is 943. The highest BCUT2D eigenvalue weighted by Crippen LogP contribution is 2.38. The number of methoxy groups -OCH3 is 3. The summed E-state index contributed by atoms with van der Waals surface area (Å²) in [5, 5.41) is 5.22. The van der Waals surface area contributed by atoms with Crippen LogP contribution in [0.2, 0.25) is 0 Å². The average molecular weight is 428 g/mol. The van der Waals surface area contributed by atoms with Crippen molar-refractivity contribution in [2.24, 2.45) is 0 Å². The first-order chi connectivity index (χ1) is 14.9. The maximum atomic E-state index is 12.0. The van der Waals surface area contributed by atoms with Crippen LogP contribution in [-0.4, -0.2) is 45.7 Å². The van der Waals surface area contributed by atoms with Gasteiger partial charge in [0.05, 0.1) is 21.3 Å². The standard InChI is InChI=1S/C22H24N2O7/c1-14(25)23-16-6-8-17(9-7-16)24-20(26)13-31-21(27)10-5-15-11-18(28-2)22(30-4)19(12-15)29-3/h5-12H,13H2,1-4H3,(H,23,25)(H,24,26). The molecule has 0 aliphatic heterocycles. The van der Waals surface area contributed by atoms with E-state index < -0.39 is 18.5 Å². The number of amides is 2. The Morgan fingerprint density at radius 2 is 1.42 bits per heavy atom. The van der Waals surface area contributed by atoms with E-state index in [1.54, 1.807) is 36.4 Å². The van der Waals surface area contributed by atoms with Crippen LogP contribution in [0.4, 0.5) is 11.4 Å². The second-order valence-electron chi connectivity index (χ2n) is 6.21. The minimum atomic E-state index is -0.690. The van der Waals surface area contributed by atoms with E-state index in [2.05, 4.69) is 10.6 Å². The molecule has 0 heterocycles. The molecule has 2 rings (SSSR count). The minimum absolute atomic E-state index is 0.191. The van der Waals surface area contributed by atoms with E-state index in [-0.39, 0.29) is 5.91 Å². The Kier molecular flexibility index (Phi) is 8.44. The molecule has 2 aromatic rings. The van der Waals surface area contributed by atoms with Gasteiger partial charge >= 0.3 is 5.97 Å². The van der Waals surface area contributed by atoms with Gasteiger partial charge in [-0.1, -0.05) is 0 Å². The van der Waals surface area contributed by atoms with Gasteiger partial charge in [-0.05, 0) is 48.0 Å². The Morgan fingerprint density at radius 3 is 1.90 bits per heavy atom. The number of hydrogen-bond donors (Lipinski definition) is 2. The van der Waals surface area contributed by atoms with Gasteiger partial charge in [0, 0.05) is 24.4 Å². The molecule has 164 valence electrons. The zero-order valence-electron chi connectivity index (χ0n) is 17.7. The summed E-state index contributed by atoms with van der Waals surface area (Å²) in [7, 11) is 4.48. The van der Waals surface area contributed by atoms with Gasteiger partial charge in [-0.15, -0.1) is 0 Å². The summed E-state index contributed by atoms with van der Waals surface area (Å²) >= 11 is 0. The fourth-order valence-electron chi connectivity index (χ4n) is 2.58. The first kappa shape index (κ1) is 23.3. The zero-order valence-corrected chi connectivity index (χ0v) is 17.7. The third kappa shape index (κ3) is 7.07. The Labute approximate surface area is 179 Å². The van der Waals surface area contributed by atoms with E-state index in [1.165, 1.54) is 40.4 Å². The largest absolute Gasteiger partial charge is 0.493 e. The fraction of sp³-hybridized carbons (Fsp3) is 0.227. The maximum Gasteiger partial charge on any atom is 0.331 e. The number of hydrogen-bond acceptors (Lipinski definition) is 7. The first-order valence-electron chi connectivity index (χ1n) is 9.18. The van der Waals surface area contributed by atoms with Crippen molar-refractivity contribution in [2.75, 3.05) is 38.6 Å². The lowest BCUT2D eigenvalue weighted by Crippen LogP contribution is -2.20. The molecule has 9 nitrogen and oxygen atoms in total. The molecule has 31 heavy (non-hydrogen) atoms. The molecule has 0 atom stereocenters. The summed E-state index contributed by atoms with van der Waals surface area (Å²) in [6.45, 7) is 0.950. The van der Waals surface area contributed by atoms with Crippen LogP contribution in [0.25, 0.3) is 6.08 Å². The van der Waals surface area contributed by atoms with Crippen molar-refractivity contribution in [3.8, 4) is 17.2 Å². The van der Waals surface area contributed by atoms with Gasteiger partial charge in [-0.3, -0.25) is 9.59 Å². The lowest BCUT2D eigenvalue weighted by Gasteiger charge is -2.12. The lowest BCUT2D eigenvalue weighted by molar-refractivity contribution is -0.142. The van der Waals surface area contributed by atoms with Crippen molar-refractivity contribution in [3.63, 3.8) is 0 Å². The van der Waals surface area contributed by atoms with Crippen LogP contribution in [0.15, 0.2) is 42.5 Å². The molecule has 2 N–H and O–H groups in total. The van der Waals surface area contributed by atoms with E-state index in [0.29, 0.717) is 34.2 Å². The van der Waals surface area contributed by atoms with Crippen LogP contribution in [0.3, 0.4) is 0 Å². The van der Waals surface area contributed by atoms with Crippen molar-refractivity contribution in [1.82, 2.24) is 0 Å². The summed E-state index contributed by atoms with van der Waals surface area (Å²) in [4.78, 5) is 34.9. The molecule has 0 aliphatic carbocycles. The lowest BCUT2D eigenvalue weighted by atomic mass is 10.1. The monoisotopic (exact) mass is 428 g/mol. The quantitative estimate of drug-likeness (QED) is 0.466. The van der Waals surface area contributed by atoms with Crippen molar-refractivity contribution < 1.29 is 33.3 Å². The van der Waals surface area contributed by atoms with Gasteiger partial charge in [0.1, 0.15) is 0 Å². The van der Waals surface area contributed by atoms with Gasteiger partial charge in [0.25, 0.3) is 5.91 Å². The fourth-order valence-corrected chi connectivity index (χ4v) is 2.58. The number of ether oxygens (including phenoxy) is 4. The highest BCUT2D eigenvalue weighted by Gasteiger charge is 2.12. The third-order valence-corrected chi connectivity index (χ3v) is 3.93. The van der Waals surface area contributed by atoms with Crippen LogP contribution >= 0.6 is 0 Å². The molecule has 0 aliphatic rings. The minimum Gasteiger partial charge on any atom is -0.493 e. The van der Waals surface area contributed by atoms with Crippen LogP contribution < -0.4 is 24.8 Å². The SMILES string of the molecule is COc1cc(C=CC(=O)OCC(=O)Nc2ccc(NC(C)=O)cc2)cc(OC)c1OC. The van der Waals surface area contributed by atoms with E-state index in [9.17, 15) is 14.4 Å². The number of anilines is 2. The number of benzene rings is 2. The maximum absolute atomic E-state index is 12.0. The van der Waals surface area contributed by atoms with E-state index >= 15 is 0 Å². The highest BCUT2D eigenvalue weighted by molar-refractivity contribution is 5.95. The summed E-state index contributed by atoms with van der Waals surface area (Å²) in [6.07, 6.45) is 2.70.